The van der Waals surface area contributed by atoms with Gasteiger partial charge in [0.05, 0.1) is 31.6 Å². The Hall–Kier alpha value is -3.41. The zero-order valence-corrected chi connectivity index (χ0v) is 16.9. The van der Waals surface area contributed by atoms with Gasteiger partial charge in [-0.1, -0.05) is 35.5 Å². The molecule has 11 heteroatoms. The van der Waals surface area contributed by atoms with Crippen molar-refractivity contribution in [3.05, 3.63) is 77.2 Å². The Morgan fingerprint density at radius 2 is 2.03 bits per heavy atom. The highest BCUT2D eigenvalue weighted by Gasteiger charge is 2.25. The lowest BCUT2D eigenvalue weighted by Gasteiger charge is -2.23. The minimum Gasteiger partial charge on any atom is -0.496 e. The fourth-order valence-electron chi connectivity index (χ4n) is 3.39. The van der Waals surface area contributed by atoms with Crippen LogP contribution in [0.2, 0.25) is 0 Å². The molecule has 0 amide bonds. The third-order valence-corrected chi connectivity index (χ3v) is 5.12. The van der Waals surface area contributed by atoms with Crippen LogP contribution in [0.4, 0.5) is 5.69 Å². The second-order valence-electron chi connectivity index (χ2n) is 6.74. The molecule has 4 rings (SSSR count). The quantitative estimate of drug-likeness (QED) is 0.398. The molecule has 30 heavy (non-hydrogen) atoms. The van der Waals surface area contributed by atoms with Crippen LogP contribution in [0.15, 0.2) is 54.7 Å². The van der Waals surface area contributed by atoms with Gasteiger partial charge in [-0.2, -0.15) is 8.42 Å². The van der Waals surface area contributed by atoms with Crippen LogP contribution in [-0.4, -0.2) is 40.1 Å². The lowest BCUT2D eigenvalue weighted by molar-refractivity contribution is 0.366. The first-order chi connectivity index (χ1) is 14.3. The van der Waals surface area contributed by atoms with E-state index in [9.17, 15) is 8.42 Å². The van der Waals surface area contributed by atoms with Crippen LogP contribution in [0, 0.1) is 0 Å². The highest BCUT2D eigenvalue weighted by atomic mass is 32.2. The Kier molecular flexibility index (Phi) is 5.16. The van der Waals surface area contributed by atoms with Crippen LogP contribution in [0.1, 0.15) is 22.5 Å². The molecule has 1 aliphatic heterocycles. The molecule has 3 aromatic rings. The smallest absolute Gasteiger partial charge is 0.357 e. The Morgan fingerprint density at radius 3 is 2.80 bits per heavy atom. The maximum absolute atomic E-state index is 11.1. The molecule has 1 aromatic heterocycles. The summed E-state index contributed by atoms with van der Waals surface area (Å²) in [6.07, 6.45) is 1.80. The number of para-hydroxylation sites is 1. The summed E-state index contributed by atoms with van der Waals surface area (Å²) >= 11 is 0. The number of benzene rings is 2. The molecule has 0 fully saturated rings. The summed E-state index contributed by atoms with van der Waals surface area (Å²) in [5.41, 5.74) is 4.18. The number of methoxy groups -OCH3 is 1. The minimum absolute atomic E-state index is 0.249. The zero-order chi connectivity index (χ0) is 21.3. The summed E-state index contributed by atoms with van der Waals surface area (Å²) in [4.78, 5) is 0. The third-order valence-electron chi connectivity index (χ3n) is 4.62. The standard InChI is InChI=1S/C19H20N6O4S/c1-29-18-8-3-2-7-15(18)16-11-24(20)12-17-19(16)21-23-25(17)10-13-5-4-6-14(9-13)22-30(26,27)28/h2-9,11,22H,10,12,20H2,1H3,(H,26,27,28). The van der Waals surface area contributed by atoms with Gasteiger partial charge in [-0.15, -0.1) is 5.10 Å². The van der Waals surface area contributed by atoms with E-state index in [1.165, 1.54) is 6.07 Å². The number of nitrogens with two attached hydrogens (primary N) is 1. The molecule has 0 bridgehead atoms. The molecule has 0 aliphatic carbocycles. The average Bonchev–Trinajstić information content (AvgIpc) is 3.09. The first-order valence-corrected chi connectivity index (χ1v) is 10.4. The van der Waals surface area contributed by atoms with Crippen LogP contribution in [0.3, 0.4) is 0 Å². The molecule has 1 aliphatic rings. The van der Waals surface area contributed by atoms with E-state index in [-0.39, 0.29) is 5.69 Å². The molecule has 156 valence electrons. The van der Waals surface area contributed by atoms with Gasteiger partial charge in [0, 0.05) is 17.3 Å². The Balaban J connectivity index is 1.68. The first-order valence-electron chi connectivity index (χ1n) is 8.97. The van der Waals surface area contributed by atoms with Gasteiger partial charge < -0.3 is 9.75 Å². The number of hydrogen-bond donors (Lipinski definition) is 3. The molecule has 2 aromatic carbocycles. The molecule has 10 nitrogen and oxygen atoms in total. The van der Waals surface area contributed by atoms with Gasteiger partial charge in [0.1, 0.15) is 11.4 Å². The lowest BCUT2D eigenvalue weighted by atomic mass is 9.99. The fourth-order valence-corrected chi connectivity index (χ4v) is 3.82. The van der Waals surface area contributed by atoms with Crippen molar-refractivity contribution in [1.29, 1.82) is 0 Å². The lowest BCUT2D eigenvalue weighted by Crippen LogP contribution is -2.30. The Bertz CT molecular complexity index is 1220. The molecule has 0 radical (unpaired) electrons. The van der Waals surface area contributed by atoms with Crippen molar-refractivity contribution < 1.29 is 17.7 Å². The maximum atomic E-state index is 11.1. The van der Waals surface area contributed by atoms with E-state index < -0.39 is 10.3 Å². The van der Waals surface area contributed by atoms with Crippen molar-refractivity contribution in [2.75, 3.05) is 11.8 Å². The Labute approximate surface area is 173 Å². The van der Waals surface area contributed by atoms with Gasteiger partial charge in [-0.3, -0.25) is 9.27 Å². The number of aromatic nitrogens is 3. The average molecular weight is 428 g/mol. The van der Waals surface area contributed by atoms with E-state index in [0.717, 1.165) is 22.4 Å². The van der Waals surface area contributed by atoms with Crippen molar-refractivity contribution in [2.45, 2.75) is 13.1 Å². The van der Waals surface area contributed by atoms with Crippen LogP contribution in [0.25, 0.3) is 5.57 Å². The van der Waals surface area contributed by atoms with Crippen LogP contribution < -0.4 is 15.3 Å². The minimum atomic E-state index is -4.35. The molecule has 0 spiro atoms. The summed E-state index contributed by atoms with van der Waals surface area (Å²) in [5, 5.41) is 10.2. The highest BCUT2D eigenvalue weighted by molar-refractivity contribution is 7.87. The predicted molar refractivity (Wildman–Crippen MR) is 111 cm³/mol. The maximum Gasteiger partial charge on any atom is 0.357 e. The zero-order valence-electron chi connectivity index (χ0n) is 16.1. The SMILES string of the molecule is COc1ccccc1C1=CN(N)Cc2c1nnn2Cc1cccc(NS(=O)(=O)O)c1. The van der Waals surface area contributed by atoms with Crippen molar-refractivity contribution >= 4 is 21.6 Å². The molecule has 0 unspecified atom stereocenters. The second kappa shape index (κ2) is 7.78. The van der Waals surface area contributed by atoms with Gasteiger partial charge in [0.15, 0.2) is 0 Å². The van der Waals surface area contributed by atoms with Gasteiger partial charge in [0.2, 0.25) is 0 Å². The summed E-state index contributed by atoms with van der Waals surface area (Å²) < 4.78 is 40.3. The number of hydrogen-bond acceptors (Lipinski definition) is 7. The normalized spacial score (nSPS) is 13.6. The monoisotopic (exact) mass is 428 g/mol. The highest BCUT2D eigenvalue weighted by Crippen LogP contribution is 2.34. The molecule has 4 N–H and O–H groups in total. The van der Waals surface area contributed by atoms with Gasteiger partial charge in [-0.05, 0) is 23.8 Å². The Morgan fingerprint density at radius 1 is 1.23 bits per heavy atom. The van der Waals surface area contributed by atoms with E-state index in [0.29, 0.717) is 24.5 Å². The van der Waals surface area contributed by atoms with Crippen molar-refractivity contribution in [1.82, 2.24) is 20.0 Å². The molecular formula is C19H20N6O4S. The largest absolute Gasteiger partial charge is 0.496 e. The van der Waals surface area contributed by atoms with Gasteiger partial charge >= 0.3 is 10.3 Å². The number of anilines is 1. The molecular weight excluding hydrogens is 408 g/mol. The van der Waals surface area contributed by atoms with E-state index in [4.69, 9.17) is 15.1 Å². The molecule has 0 atom stereocenters. The number of hydrazine groups is 1. The number of fused-ring (bicyclic) bond motifs is 1. The number of nitrogens with one attached hydrogen (secondary N) is 1. The van der Waals surface area contributed by atoms with Crippen molar-refractivity contribution in [3.63, 3.8) is 0 Å². The topological polar surface area (TPSA) is 136 Å². The predicted octanol–water partition coefficient (Wildman–Crippen LogP) is 1.63. The van der Waals surface area contributed by atoms with E-state index in [1.54, 1.807) is 35.1 Å². The van der Waals surface area contributed by atoms with Gasteiger partial charge in [0.25, 0.3) is 0 Å². The number of nitrogens with zero attached hydrogens (tertiary/aromatic N) is 4. The first kappa shape index (κ1) is 19.9. The molecule has 0 saturated heterocycles. The molecule has 0 saturated carbocycles. The van der Waals surface area contributed by atoms with E-state index in [2.05, 4.69) is 10.3 Å². The van der Waals surface area contributed by atoms with Gasteiger partial charge in [-0.25, -0.2) is 10.5 Å². The summed E-state index contributed by atoms with van der Waals surface area (Å²) in [5.74, 6) is 6.82. The summed E-state index contributed by atoms with van der Waals surface area (Å²) in [6, 6.07) is 14.2. The second-order valence-corrected chi connectivity index (χ2v) is 7.89. The summed E-state index contributed by atoms with van der Waals surface area (Å²) in [7, 11) is -2.74. The number of ether oxygens (including phenoxy) is 1. The van der Waals surface area contributed by atoms with Crippen molar-refractivity contribution in [2.24, 2.45) is 5.84 Å². The fraction of sp³-hybridized carbons (Fsp3) is 0.158. The van der Waals surface area contributed by atoms with Crippen LogP contribution in [-0.2, 0) is 23.4 Å². The molecule has 2 heterocycles. The van der Waals surface area contributed by atoms with Crippen LogP contribution >= 0.6 is 0 Å². The van der Waals surface area contributed by atoms with Crippen LogP contribution in [0.5, 0.6) is 5.75 Å². The summed E-state index contributed by atoms with van der Waals surface area (Å²) in [6.45, 7) is 0.750. The third kappa shape index (κ3) is 4.13. The van der Waals surface area contributed by atoms with E-state index >= 15 is 0 Å². The number of rotatable bonds is 6. The van der Waals surface area contributed by atoms with Crippen molar-refractivity contribution in [3.8, 4) is 5.75 Å². The van der Waals surface area contributed by atoms with E-state index in [1.807, 2.05) is 35.1 Å².